The van der Waals surface area contributed by atoms with Crippen molar-refractivity contribution < 1.29 is 4.79 Å². The van der Waals surface area contributed by atoms with Gasteiger partial charge in [0, 0.05) is 33.7 Å². The van der Waals surface area contributed by atoms with Crippen LogP contribution >= 0.6 is 0 Å². The van der Waals surface area contributed by atoms with E-state index in [9.17, 15) is 4.79 Å². The summed E-state index contributed by atoms with van der Waals surface area (Å²) in [6.45, 7) is 4.29. The molecule has 0 bridgehead atoms. The largest absolute Gasteiger partial charge is 0.352 e. The molecule has 1 aliphatic rings. The maximum atomic E-state index is 12.2. The van der Waals surface area contributed by atoms with Gasteiger partial charge < -0.3 is 9.80 Å². The van der Waals surface area contributed by atoms with Crippen LogP contribution < -0.4 is 4.90 Å². The standard InChI is InChI=1S/C13H21N5O/c1-10-5-6-12(15-14-10)18-8-7-17(4)11(9-18)13(19)16(2)3/h5-6,11H,7-9H2,1-4H3/t11-/m1/s1. The number of piperazine rings is 1. The number of nitrogens with zero attached hydrogens (tertiary/aromatic N) is 5. The van der Waals surface area contributed by atoms with Crippen molar-refractivity contribution in [2.75, 3.05) is 45.7 Å². The van der Waals surface area contributed by atoms with Gasteiger partial charge in [-0.2, -0.15) is 5.10 Å². The van der Waals surface area contributed by atoms with Gasteiger partial charge in [-0.25, -0.2) is 0 Å². The molecule has 0 N–H and O–H groups in total. The lowest BCUT2D eigenvalue weighted by molar-refractivity contribution is -0.134. The molecule has 0 radical (unpaired) electrons. The van der Waals surface area contributed by atoms with E-state index in [4.69, 9.17) is 0 Å². The fourth-order valence-electron chi connectivity index (χ4n) is 2.21. The molecule has 0 aliphatic carbocycles. The molecule has 1 amide bonds. The zero-order valence-electron chi connectivity index (χ0n) is 12.0. The summed E-state index contributed by atoms with van der Waals surface area (Å²) in [5.41, 5.74) is 0.902. The fourth-order valence-corrected chi connectivity index (χ4v) is 2.21. The highest BCUT2D eigenvalue weighted by Crippen LogP contribution is 2.16. The Hall–Kier alpha value is -1.69. The summed E-state index contributed by atoms with van der Waals surface area (Å²) in [4.78, 5) is 18.0. The van der Waals surface area contributed by atoms with Gasteiger partial charge in [0.15, 0.2) is 5.82 Å². The van der Waals surface area contributed by atoms with Crippen LogP contribution in [0.1, 0.15) is 5.69 Å². The first-order chi connectivity index (χ1) is 8.99. The molecule has 104 valence electrons. The van der Waals surface area contributed by atoms with Crippen LogP contribution in [0.2, 0.25) is 0 Å². The monoisotopic (exact) mass is 263 g/mol. The molecular formula is C13H21N5O. The Morgan fingerprint density at radius 3 is 2.63 bits per heavy atom. The van der Waals surface area contributed by atoms with E-state index in [1.54, 1.807) is 19.0 Å². The summed E-state index contributed by atoms with van der Waals surface area (Å²) in [5.74, 6) is 0.975. The van der Waals surface area contributed by atoms with Crippen molar-refractivity contribution in [1.29, 1.82) is 0 Å². The third-order valence-corrected chi connectivity index (χ3v) is 3.48. The van der Waals surface area contributed by atoms with Crippen molar-refractivity contribution in [3.63, 3.8) is 0 Å². The molecule has 2 heterocycles. The van der Waals surface area contributed by atoms with Crippen molar-refractivity contribution >= 4 is 11.7 Å². The van der Waals surface area contributed by atoms with Crippen LogP contribution in [0.4, 0.5) is 5.82 Å². The normalized spacial score (nSPS) is 20.4. The molecule has 2 rings (SSSR count). The first kappa shape index (κ1) is 13.7. The smallest absolute Gasteiger partial charge is 0.241 e. The predicted octanol–water partition coefficient (Wildman–Crippen LogP) is -0.00638. The number of carbonyl (C=O) groups excluding carboxylic acids is 1. The lowest BCUT2D eigenvalue weighted by atomic mass is 10.1. The van der Waals surface area contributed by atoms with Crippen molar-refractivity contribution in [3.8, 4) is 0 Å². The minimum Gasteiger partial charge on any atom is -0.352 e. The summed E-state index contributed by atoms with van der Waals surface area (Å²) >= 11 is 0. The van der Waals surface area contributed by atoms with Gasteiger partial charge in [0.1, 0.15) is 6.04 Å². The minimum atomic E-state index is -0.119. The van der Waals surface area contributed by atoms with E-state index in [-0.39, 0.29) is 11.9 Å². The number of aryl methyl sites for hydroxylation is 1. The maximum Gasteiger partial charge on any atom is 0.241 e. The topological polar surface area (TPSA) is 52.6 Å². The quantitative estimate of drug-likeness (QED) is 0.751. The number of carbonyl (C=O) groups is 1. The average molecular weight is 263 g/mol. The zero-order valence-corrected chi connectivity index (χ0v) is 12.0. The maximum absolute atomic E-state index is 12.2. The highest BCUT2D eigenvalue weighted by Gasteiger charge is 2.31. The molecule has 6 heteroatoms. The van der Waals surface area contributed by atoms with Gasteiger partial charge in [0.05, 0.1) is 5.69 Å². The Kier molecular flexibility index (Phi) is 3.99. The van der Waals surface area contributed by atoms with E-state index < -0.39 is 0 Å². The third kappa shape index (κ3) is 3.01. The molecule has 1 aromatic heterocycles. The van der Waals surface area contributed by atoms with E-state index in [0.29, 0.717) is 6.54 Å². The van der Waals surface area contributed by atoms with E-state index in [0.717, 1.165) is 24.6 Å². The molecule has 1 saturated heterocycles. The summed E-state index contributed by atoms with van der Waals surface area (Å²) in [7, 11) is 5.58. The SMILES string of the molecule is Cc1ccc(N2CCN(C)[C@@H](C(=O)N(C)C)C2)nn1. The second-order valence-electron chi connectivity index (χ2n) is 5.21. The number of hydrogen-bond donors (Lipinski definition) is 0. The number of hydrogen-bond acceptors (Lipinski definition) is 5. The molecule has 1 fully saturated rings. The molecule has 6 nitrogen and oxygen atoms in total. The Balaban J connectivity index is 2.12. The predicted molar refractivity (Wildman–Crippen MR) is 74.1 cm³/mol. The second kappa shape index (κ2) is 5.52. The summed E-state index contributed by atoms with van der Waals surface area (Å²) in [6, 6.07) is 3.79. The summed E-state index contributed by atoms with van der Waals surface area (Å²) in [6.07, 6.45) is 0. The van der Waals surface area contributed by atoms with Gasteiger partial charge >= 0.3 is 0 Å². The first-order valence-corrected chi connectivity index (χ1v) is 6.45. The van der Waals surface area contributed by atoms with Gasteiger partial charge in [-0.15, -0.1) is 5.10 Å². The van der Waals surface area contributed by atoms with Crippen molar-refractivity contribution in [2.24, 2.45) is 0 Å². The Bertz CT molecular complexity index is 445. The molecule has 0 aromatic carbocycles. The molecule has 1 atom stereocenters. The van der Waals surface area contributed by atoms with Gasteiger partial charge in [-0.1, -0.05) is 0 Å². The van der Waals surface area contributed by atoms with E-state index in [2.05, 4.69) is 20.0 Å². The van der Waals surface area contributed by atoms with Crippen LogP contribution in [0.15, 0.2) is 12.1 Å². The number of likely N-dealkylation sites (N-methyl/N-ethyl adjacent to an activating group) is 2. The van der Waals surface area contributed by atoms with Crippen LogP contribution in [0.25, 0.3) is 0 Å². The molecule has 1 aromatic rings. The molecular weight excluding hydrogens is 242 g/mol. The molecule has 1 aliphatic heterocycles. The fraction of sp³-hybridized carbons (Fsp3) is 0.615. The minimum absolute atomic E-state index is 0.119. The Labute approximate surface area is 114 Å². The number of aromatic nitrogens is 2. The highest BCUT2D eigenvalue weighted by atomic mass is 16.2. The van der Waals surface area contributed by atoms with Crippen LogP contribution in [0.5, 0.6) is 0 Å². The lowest BCUT2D eigenvalue weighted by Gasteiger charge is -2.39. The van der Waals surface area contributed by atoms with Crippen molar-refractivity contribution in [3.05, 3.63) is 17.8 Å². The van der Waals surface area contributed by atoms with E-state index in [1.807, 2.05) is 26.1 Å². The van der Waals surface area contributed by atoms with Gasteiger partial charge in [0.2, 0.25) is 5.91 Å². The van der Waals surface area contributed by atoms with E-state index >= 15 is 0 Å². The van der Waals surface area contributed by atoms with Crippen LogP contribution in [-0.4, -0.2) is 72.7 Å². The molecule has 19 heavy (non-hydrogen) atoms. The lowest BCUT2D eigenvalue weighted by Crippen LogP contribution is -2.57. The number of anilines is 1. The first-order valence-electron chi connectivity index (χ1n) is 6.45. The van der Waals surface area contributed by atoms with Crippen molar-refractivity contribution in [2.45, 2.75) is 13.0 Å². The van der Waals surface area contributed by atoms with E-state index in [1.165, 1.54) is 0 Å². The Morgan fingerprint density at radius 2 is 2.05 bits per heavy atom. The van der Waals surface area contributed by atoms with Crippen LogP contribution in [0.3, 0.4) is 0 Å². The van der Waals surface area contributed by atoms with Crippen LogP contribution in [-0.2, 0) is 4.79 Å². The Morgan fingerprint density at radius 1 is 1.32 bits per heavy atom. The summed E-state index contributed by atoms with van der Waals surface area (Å²) < 4.78 is 0. The average Bonchev–Trinajstić information content (AvgIpc) is 2.39. The van der Waals surface area contributed by atoms with Gasteiger partial charge in [-0.3, -0.25) is 9.69 Å². The molecule has 0 unspecified atom stereocenters. The molecule has 0 saturated carbocycles. The third-order valence-electron chi connectivity index (χ3n) is 3.48. The van der Waals surface area contributed by atoms with Crippen molar-refractivity contribution in [1.82, 2.24) is 20.0 Å². The number of rotatable bonds is 2. The van der Waals surface area contributed by atoms with Gasteiger partial charge in [0.25, 0.3) is 0 Å². The van der Waals surface area contributed by atoms with Gasteiger partial charge in [-0.05, 0) is 26.1 Å². The summed E-state index contributed by atoms with van der Waals surface area (Å²) in [5, 5.41) is 8.28. The number of amides is 1. The molecule has 0 spiro atoms. The highest BCUT2D eigenvalue weighted by molar-refractivity contribution is 5.82. The van der Waals surface area contributed by atoms with Crippen LogP contribution in [0, 0.1) is 6.92 Å². The zero-order chi connectivity index (χ0) is 14.0. The second-order valence-corrected chi connectivity index (χ2v) is 5.21.